The van der Waals surface area contributed by atoms with Gasteiger partial charge in [-0.1, -0.05) is 43.0 Å². The molecule has 0 heterocycles. The molecule has 2 aromatic carbocycles. The molecule has 0 spiro atoms. The molecule has 2 rings (SSSR count). The highest BCUT2D eigenvalue weighted by atomic mass is 32.2. The summed E-state index contributed by atoms with van der Waals surface area (Å²) in [6.07, 6.45) is 2.82. The smallest absolute Gasteiger partial charge is 0.324 e. The summed E-state index contributed by atoms with van der Waals surface area (Å²) < 4.78 is 0. The summed E-state index contributed by atoms with van der Waals surface area (Å²) in [7, 11) is 0. The van der Waals surface area contributed by atoms with Crippen molar-refractivity contribution in [1.82, 2.24) is 10.2 Å². The number of urea groups is 1. The molecular weight excluding hydrogens is 424 g/mol. The lowest BCUT2D eigenvalue weighted by atomic mass is 10.1. The molecule has 2 N–H and O–H groups in total. The second-order valence-corrected chi connectivity index (χ2v) is 8.16. The van der Waals surface area contributed by atoms with Crippen molar-refractivity contribution >= 4 is 29.7 Å². The van der Waals surface area contributed by atoms with E-state index in [9.17, 15) is 14.4 Å². The minimum atomic E-state index is -0.991. The maximum absolute atomic E-state index is 13.1. The fourth-order valence-electron chi connectivity index (χ4n) is 3.02. The highest BCUT2D eigenvalue weighted by Crippen LogP contribution is 2.11. The van der Waals surface area contributed by atoms with Crippen LogP contribution in [0.3, 0.4) is 0 Å². The fraction of sp³-hybridized carbons (Fsp3) is 0.320. The molecule has 0 aliphatic heterocycles. The van der Waals surface area contributed by atoms with Crippen molar-refractivity contribution in [2.24, 2.45) is 0 Å². The lowest BCUT2D eigenvalue weighted by Crippen LogP contribution is -2.48. The van der Waals surface area contributed by atoms with Crippen LogP contribution in [0.15, 0.2) is 54.6 Å². The van der Waals surface area contributed by atoms with E-state index in [1.165, 1.54) is 0 Å². The number of carboxylic acid groups (broad SMARTS) is 1. The topological polar surface area (TPSA) is 86.7 Å². The van der Waals surface area contributed by atoms with Gasteiger partial charge in [0.15, 0.2) is 0 Å². The SMILES string of the molecule is CCCN(C(=O)N[C@@H](CCSC)CC(=O)O)C(=O)c1cccc(C#Cc2ccccc2)c1. The average molecular weight is 453 g/mol. The molecule has 0 saturated carbocycles. The summed E-state index contributed by atoms with van der Waals surface area (Å²) in [5.74, 6) is 5.38. The van der Waals surface area contributed by atoms with Crippen molar-refractivity contribution in [2.45, 2.75) is 32.2 Å². The number of carbonyl (C=O) groups excluding carboxylic acids is 2. The first-order valence-electron chi connectivity index (χ1n) is 10.4. The molecule has 0 saturated heterocycles. The van der Waals surface area contributed by atoms with Crippen molar-refractivity contribution in [2.75, 3.05) is 18.6 Å². The Morgan fingerprint density at radius 1 is 1.06 bits per heavy atom. The number of nitrogens with zero attached hydrogens (tertiary/aromatic N) is 1. The number of amides is 3. The fourth-order valence-corrected chi connectivity index (χ4v) is 3.54. The summed E-state index contributed by atoms with van der Waals surface area (Å²) in [5, 5.41) is 11.9. The predicted octanol–water partition coefficient (Wildman–Crippen LogP) is 4.24. The van der Waals surface area contributed by atoms with Crippen molar-refractivity contribution in [3.05, 3.63) is 71.3 Å². The largest absolute Gasteiger partial charge is 0.481 e. The summed E-state index contributed by atoms with van der Waals surface area (Å²) in [5.41, 5.74) is 1.89. The third-order valence-corrected chi connectivity index (χ3v) is 5.24. The maximum Gasteiger partial charge on any atom is 0.324 e. The quantitative estimate of drug-likeness (QED) is 0.556. The van der Waals surface area contributed by atoms with Crippen molar-refractivity contribution in [3.63, 3.8) is 0 Å². The number of rotatable bonds is 9. The molecule has 6 nitrogen and oxygen atoms in total. The highest BCUT2D eigenvalue weighted by molar-refractivity contribution is 7.98. The molecule has 0 bridgehead atoms. The second kappa shape index (κ2) is 13.2. The van der Waals surface area contributed by atoms with Gasteiger partial charge in [-0.05, 0) is 55.2 Å². The number of hydrogen-bond donors (Lipinski definition) is 2. The molecule has 32 heavy (non-hydrogen) atoms. The number of aliphatic carboxylic acids is 1. The monoisotopic (exact) mass is 452 g/mol. The van der Waals surface area contributed by atoms with Gasteiger partial charge in [0.1, 0.15) is 0 Å². The van der Waals surface area contributed by atoms with Crippen molar-refractivity contribution in [1.29, 1.82) is 0 Å². The number of carbonyl (C=O) groups is 3. The van der Waals surface area contributed by atoms with Gasteiger partial charge in [0, 0.05) is 29.3 Å². The van der Waals surface area contributed by atoms with Gasteiger partial charge in [0.25, 0.3) is 5.91 Å². The first kappa shape index (κ1) is 25.0. The normalized spacial score (nSPS) is 11.1. The minimum absolute atomic E-state index is 0.189. The van der Waals surface area contributed by atoms with Gasteiger partial charge >= 0.3 is 12.0 Å². The molecule has 0 aliphatic rings. The molecule has 7 heteroatoms. The Morgan fingerprint density at radius 2 is 1.75 bits per heavy atom. The van der Waals surface area contributed by atoms with Gasteiger partial charge in [-0.25, -0.2) is 4.79 Å². The van der Waals surface area contributed by atoms with Gasteiger partial charge < -0.3 is 10.4 Å². The van der Waals surface area contributed by atoms with Crippen LogP contribution in [0.4, 0.5) is 4.79 Å². The van der Waals surface area contributed by atoms with Crippen LogP contribution in [-0.4, -0.2) is 52.5 Å². The van der Waals surface area contributed by atoms with Gasteiger partial charge in [-0.2, -0.15) is 11.8 Å². The summed E-state index contributed by atoms with van der Waals surface area (Å²) >= 11 is 1.57. The Morgan fingerprint density at radius 3 is 2.41 bits per heavy atom. The zero-order valence-electron chi connectivity index (χ0n) is 18.3. The third kappa shape index (κ3) is 8.12. The number of hydrogen-bond acceptors (Lipinski definition) is 4. The number of benzene rings is 2. The highest BCUT2D eigenvalue weighted by Gasteiger charge is 2.25. The Labute approximate surface area is 193 Å². The Balaban J connectivity index is 2.18. The molecule has 1 atom stereocenters. The second-order valence-electron chi connectivity index (χ2n) is 7.18. The molecule has 0 fully saturated rings. The molecular formula is C25H28N2O4S. The summed E-state index contributed by atoms with van der Waals surface area (Å²) in [6, 6.07) is 15.3. The first-order valence-corrected chi connectivity index (χ1v) is 11.8. The Kier molecular flexibility index (Phi) is 10.3. The van der Waals surface area contributed by atoms with Gasteiger partial charge in [0.05, 0.1) is 6.42 Å². The van der Waals surface area contributed by atoms with E-state index >= 15 is 0 Å². The predicted molar refractivity (Wildman–Crippen MR) is 128 cm³/mol. The molecule has 168 valence electrons. The average Bonchev–Trinajstić information content (AvgIpc) is 2.79. The minimum Gasteiger partial charge on any atom is -0.481 e. The molecule has 0 aromatic heterocycles. The van der Waals surface area contributed by atoms with E-state index in [2.05, 4.69) is 17.2 Å². The zero-order valence-corrected chi connectivity index (χ0v) is 19.2. The molecule has 0 aliphatic carbocycles. The molecule has 2 aromatic rings. The lowest BCUT2D eigenvalue weighted by Gasteiger charge is -2.24. The zero-order chi connectivity index (χ0) is 23.3. The van der Waals surface area contributed by atoms with Gasteiger partial charge in [0.2, 0.25) is 0 Å². The van der Waals surface area contributed by atoms with E-state index in [0.29, 0.717) is 29.7 Å². The van der Waals surface area contributed by atoms with E-state index in [1.54, 1.807) is 30.0 Å². The van der Waals surface area contributed by atoms with E-state index in [-0.39, 0.29) is 13.0 Å². The van der Waals surface area contributed by atoms with E-state index < -0.39 is 23.9 Å². The summed E-state index contributed by atoms with van der Waals surface area (Å²) in [4.78, 5) is 38.3. The van der Waals surface area contributed by atoms with Crippen LogP contribution in [0.1, 0.15) is 47.7 Å². The van der Waals surface area contributed by atoms with Gasteiger partial charge in [-0.3, -0.25) is 14.5 Å². The number of imide groups is 1. The third-order valence-electron chi connectivity index (χ3n) is 4.59. The van der Waals surface area contributed by atoms with Crippen LogP contribution in [-0.2, 0) is 4.79 Å². The van der Waals surface area contributed by atoms with Crippen molar-refractivity contribution < 1.29 is 19.5 Å². The van der Waals surface area contributed by atoms with Crippen LogP contribution < -0.4 is 5.32 Å². The van der Waals surface area contributed by atoms with Crippen LogP contribution in [0.5, 0.6) is 0 Å². The lowest BCUT2D eigenvalue weighted by molar-refractivity contribution is -0.137. The molecule has 0 radical (unpaired) electrons. The maximum atomic E-state index is 13.1. The van der Waals surface area contributed by atoms with E-state index in [1.807, 2.05) is 49.6 Å². The van der Waals surface area contributed by atoms with E-state index in [0.717, 1.165) is 10.5 Å². The molecule has 0 unspecified atom stereocenters. The van der Waals surface area contributed by atoms with Gasteiger partial charge in [-0.15, -0.1) is 0 Å². The number of thioether (sulfide) groups is 1. The number of carboxylic acids is 1. The Bertz CT molecular complexity index is 982. The van der Waals surface area contributed by atoms with Crippen LogP contribution in [0.2, 0.25) is 0 Å². The standard InChI is InChI=1S/C25H28N2O4S/c1-3-15-27(25(31)26-22(14-16-32-2)18-23(28)29)24(30)21-11-7-10-20(17-21)13-12-19-8-5-4-6-9-19/h4-11,17,22H,3,14-16,18H2,1-2H3,(H,26,31)(H,28,29)/t22-/m0/s1. The summed E-state index contributed by atoms with van der Waals surface area (Å²) in [6.45, 7) is 2.10. The van der Waals surface area contributed by atoms with E-state index in [4.69, 9.17) is 5.11 Å². The Hall–Kier alpha value is -3.24. The van der Waals surface area contributed by atoms with Crippen LogP contribution in [0.25, 0.3) is 0 Å². The van der Waals surface area contributed by atoms with Crippen LogP contribution >= 0.6 is 11.8 Å². The number of nitrogens with one attached hydrogen (secondary N) is 1. The van der Waals surface area contributed by atoms with Crippen LogP contribution in [0, 0.1) is 11.8 Å². The molecule has 3 amide bonds. The first-order chi connectivity index (χ1) is 15.4. The van der Waals surface area contributed by atoms with Crippen molar-refractivity contribution in [3.8, 4) is 11.8 Å².